The molecule has 2 N–H and O–H groups in total. The van der Waals surface area contributed by atoms with Gasteiger partial charge in [0.2, 0.25) is 0 Å². The van der Waals surface area contributed by atoms with Crippen LogP contribution in [0.4, 0.5) is 11.4 Å². The van der Waals surface area contributed by atoms with Crippen LogP contribution >= 0.6 is 0 Å². The zero-order chi connectivity index (χ0) is 21.9. The van der Waals surface area contributed by atoms with Crippen LogP contribution in [0.2, 0.25) is 0 Å². The highest BCUT2D eigenvalue weighted by Gasteiger charge is 2.48. The molecule has 0 fully saturated rings. The van der Waals surface area contributed by atoms with Gasteiger partial charge in [-0.1, -0.05) is 0 Å². The number of anilines is 2. The van der Waals surface area contributed by atoms with Crippen molar-refractivity contribution in [3.63, 3.8) is 0 Å². The van der Waals surface area contributed by atoms with Crippen LogP contribution in [-0.4, -0.2) is 36.1 Å². The molecule has 2 amide bonds. The summed E-state index contributed by atoms with van der Waals surface area (Å²) in [6.45, 7) is 6.96. The Labute approximate surface area is 174 Å². The molecule has 0 aliphatic carbocycles. The third-order valence-corrected chi connectivity index (χ3v) is 4.39. The molecule has 1 aliphatic rings. The highest BCUT2D eigenvalue weighted by atomic mass is 16.6. The summed E-state index contributed by atoms with van der Waals surface area (Å²) in [5, 5.41) is 5.41. The number of fused-ring (bicyclic) bond motifs is 1. The Hall–Kier alpha value is -3.55. The van der Waals surface area contributed by atoms with Gasteiger partial charge in [-0.05, 0) is 64.1 Å². The van der Waals surface area contributed by atoms with Crippen molar-refractivity contribution in [2.45, 2.75) is 39.4 Å². The molecule has 2 aromatic rings. The molecule has 158 valence electrons. The molecule has 2 aromatic carbocycles. The second-order valence-corrected chi connectivity index (χ2v) is 7.17. The molecule has 30 heavy (non-hydrogen) atoms. The molecule has 0 bridgehead atoms. The maximum atomic E-state index is 12.6. The Kier molecular flexibility index (Phi) is 5.96. The molecule has 1 aliphatic heterocycles. The van der Waals surface area contributed by atoms with Crippen LogP contribution in [-0.2, 0) is 14.3 Å². The third-order valence-electron chi connectivity index (χ3n) is 4.39. The van der Waals surface area contributed by atoms with Crippen molar-refractivity contribution in [1.82, 2.24) is 0 Å². The minimum absolute atomic E-state index is 0.0426. The van der Waals surface area contributed by atoms with E-state index in [1.54, 1.807) is 49.4 Å². The summed E-state index contributed by atoms with van der Waals surface area (Å²) in [6.07, 6.45) is 0.0426. The van der Waals surface area contributed by atoms with Crippen molar-refractivity contribution in [2.24, 2.45) is 0 Å². The van der Waals surface area contributed by atoms with E-state index in [1.807, 2.05) is 13.8 Å². The lowest BCUT2D eigenvalue weighted by Crippen LogP contribution is -2.55. The monoisotopic (exact) mass is 412 g/mol. The fourth-order valence-corrected chi connectivity index (χ4v) is 2.86. The Balaban J connectivity index is 1.76. The van der Waals surface area contributed by atoms with Gasteiger partial charge in [-0.15, -0.1) is 0 Å². The van der Waals surface area contributed by atoms with Crippen LogP contribution < -0.4 is 20.1 Å². The van der Waals surface area contributed by atoms with Crippen molar-refractivity contribution in [2.75, 3.05) is 17.2 Å². The van der Waals surface area contributed by atoms with Gasteiger partial charge in [-0.25, -0.2) is 4.79 Å². The number of amides is 2. The SMILES string of the molecule is CCOC(=O)C1(C)Oc2cc(NC(=O)c3ccc(OC(C)C)cc3)ccc2NC1=O. The van der Waals surface area contributed by atoms with Crippen molar-refractivity contribution >= 4 is 29.2 Å². The van der Waals surface area contributed by atoms with Crippen molar-refractivity contribution in [3.05, 3.63) is 48.0 Å². The van der Waals surface area contributed by atoms with Crippen LogP contribution in [0.25, 0.3) is 0 Å². The predicted octanol–water partition coefficient (Wildman–Crippen LogP) is 3.38. The molecule has 1 atom stereocenters. The van der Waals surface area contributed by atoms with Crippen molar-refractivity contribution in [3.8, 4) is 11.5 Å². The normalized spacial score (nSPS) is 17.4. The number of carbonyl (C=O) groups is 3. The standard InChI is InChI=1S/C22H24N2O6/c1-5-28-21(27)22(4)20(26)24-17-11-8-15(12-18(17)30-22)23-19(25)14-6-9-16(10-7-14)29-13(2)3/h6-13H,5H2,1-4H3,(H,23,25)(H,24,26). The highest BCUT2D eigenvalue weighted by molar-refractivity contribution is 6.14. The summed E-state index contributed by atoms with van der Waals surface area (Å²) in [7, 11) is 0. The number of hydrogen-bond donors (Lipinski definition) is 2. The van der Waals surface area contributed by atoms with E-state index in [0.29, 0.717) is 22.7 Å². The maximum absolute atomic E-state index is 12.6. The van der Waals surface area contributed by atoms with Crippen LogP contribution in [0.5, 0.6) is 11.5 Å². The molecule has 1 heterocycles. The number of esters is 1. The summed E-state index contributed by atoms with van der Waals surface area (Å²) in [6, 6.07) is 11.5. The first-order chi connectivity index (χ1) is 14.2. The Morgan fingerprint density at radius 1 is 1.17 bits per heavy atom. The average Bonchev–Trinajstić information content (AvgIpc) is 2.69. The smallest absolute Gasteiger partial charge is 0.360 e. The van der Waals surface area contributed by atoms with E-state index in [9.17, 15) is 14.4 Å². The fraction of sp³-hybridized carbons (Fsp3) is 0.318. The summed E-state index contributed by atoms with van der Waals surface area (Å²) in [5.41, 5.74) is -0.509. The first-order valence-corrected chi connectivity index (χ1v) is 9.62. The maximum Gasteiger partial charge on any atom is 0.360 e. The molecule has 8 heteroatoms. The summed E-state index contributed by atoms with van der Waals surface area (Å²) in [4.78, 5) is 37.1. The van der Waals surface area contributed by atoms with Crippen LogP contribution in [0, 0.1) is 0 Å². The highest BCUT2D eigenvalue weighted by Crippen LogP contribution is 2.36. The van der Waals surface area contributed by atoms with Crippen LogP contribution in [0.3, 0.4) is 0 Å². The molecule has 0 aromatic heterocycles. The zero-order valence-electron chi connectivity index (χ0n) is 17.3. The number of benzene rings is 2. The number of nitrogens with one attached hydrogen (secondary N) is 2. The van der Waals surface area contributed by atoms with E-state index in [2.05, 4.69) is 10.6 Å². The molecule has 0 spiro atoms. The number of hydrogen-bond acceptors (Lipinski definition) is 6. The molecule has 0 saturated heterocycles. The van der Waals surface area contributed by atoms with Gasteiger partial charge in [-0.3, -0.25) is 9.59 Å². The second-order valence-electron chi connectivity index (χ2n) is 7.17. The summed E-state index contributed by atoms with van der Waals surface area (Å²) >= 11 is 0. The molecule has 3 rings (SSSR count). The third kappa shape index (κ3) is 4.37. The largest absolute Gasteiger partial charge is 0.491 e. The van der Waals surface area contributed by atoms with Gasteiger partial charge in [0.1, 0.15) is 11.5 Å². The summed E-state index contributed by atoms with van der Waals surface area (Å²) in [5.74, 6) is -0.791. The Morgan fingerprint density at radius 2 is 1.87 bits per heavy atom. The van der Waals surface area contributed by atoms with Gasteiger partial charge < -0.3 is 24.8 Å². The van der Waals surface area contributed by atoms with E-state index < -0.39 is 17.5 Å². The fourth-order valence-electron chi connectivity index (χ4n) is 2.86. The first-order valence-electron chi connectivity index (χ1n) is 9.62. The molecular weight excluding hydrogens is 388 g/mol. The van der Waals surface area contributed by atoms with E-state index in [1.165, 1.54) is 6.92 Å². The first kappa shape index (κ1) is 21.2. The quantitative estimate of drug-likeness (QED) is 0.557. The van der Waals surface area contributed by atoms with Gasteiger partial charge in [-0.2, -0.15) is 0 Å². The van der Waals surface area contributed by atoms with E-state index in [-0.39, 0.29) is 24.4 Å². The van der Waals surface area contributed by atoms with Gasteiger partial charge in [0.25, 0.3) is 17.4 Å². The molecule has 0 radical (unpaired) electrons. The summed E-state index contributed by atoms with van der Waals surface area (Å²) < 4.78 is 16.2. The van der Waals surface area contributed by atoms with Crippen molar-refractivity contribution in [1.29, 1.82) is 0 Å². The minimum atomic E-state index is -1.81. The average molecular weight is 412 g/mol. The number of rotatable bonds is 6. The van der Waals surface area contributed by atoms with Crippen LogP contribution in [0.1, 0.15) is 38.1 Å². The Morgan fingerprint density at radius 3 is 2.50 bits per heavy atom. The van der Waals surface area contributed by atoms with Gasteiger partial charge in [0.05, 0.1) is 18.4 Å². The minimum Gasteiger partial charge on any atom is -0.491 e. The zero-order valence-corrected chi connectivity index (χ0v) is 17.3. The number of ether oxygens (including phenoxy) is 3. The van der Waals surface area contributed by atoms with Crippen molar-refractivity contribution < 1.29 is 28.6 Å². The topological polar surface area (TPSA) is 103 Å². The second kappa shape index (κ2) is 8.44. The molecular formula is C22H24N2O6. The molecule has 0 saturated carbocycles. The van der Waals surface area contributed by atoms with E-state index in [0.717, 1.165) is 0 Å². The van der Waals surface area contributed by atoms with E-state index >= 15 is 0 Å². The Bertz CT molecular complexity index is 970. The van der Waals surface area contributed by atoms with Gasteiger partial charge in [0.15, 0.2) is 0 Å². The lowest BCUT2D eigenvalue weighted by Gasteiger charge is -2.32. The predicted molar refractivity (Wildman–Crippen MR) is 111 cm³/mol. The van der Waals surface area contributed by atoms with E-state index in [4.69, 9.17) is 14.2 Å². The van der Waals surface area contributed by atoms with Gasteiger partial charge in [0, 0.05) is 17.3 Å². The molecule has 1 unspecified atom stereocenters. The lowest BCUT2D eigenvalue weighted by molar-refractivity contribution is -0.165. The lowest BCUT2D eigenvalue weighted by atomic mass is 10.0. The van der Waals surface area contributed by atoms with Crippen LogP contribution in [0.15, 0.2) is 42.5 Å². The van der Waals surface area contributed by atoms with Gasteiger partial charge >= 0.3 is 5.97 Å². The molecule has 8 nitrogen and oxygen atoms in total. The number of carbonyl (C=O) groups excluding carboxylic acids is 3.